The van der Waals surface area contributed by atoms with Crippen LogP contribution in [0.15, 0.2) is 48.5 Å². The highest BCUT2D eigenvalue weighted by Gasteiger charge is 2.13. The van der Waals surface area contributed by atoms with Gasteiger partial charge in [-0.05, 0) is 36.2 Å². The van der Waals surface area contributed by atoms with E-state index in [9.17, 15) is 13.2 Å². The van der Waals surface area contributed by atoms with E-state index in [-0.39, 0.29) is 17.2 Å². The zero-order valence-corrected chi connectivity index (χ0v) is 13.3. The number of carbonyl (C=O) groups excluding carboxylic acids is 1. The molecule has 1 amide bonds. The quantitative estimate of drug-likeness (QED) is 0.890. The summed E-state index contributed by atoms with van der Waals surface area (Å²) < 4.78 is 25.1. The molecule has 0 atom stereocenters. The van der Waals surface area contributed by atoms with Gasteiger partial charge in [-0.2, -0.15) is 0 Å². The van der Waals surface area contributed by atoms with Gasteiger partial charge in [0.1, 0.15) is 0 Å². The largest absolute Gasteiger partial charge is 0.322 e. The van der Waals surface area contributed by atoms with Crippen molar-refractivity contribution in [3.8, 4) is 0 Å². The van der Waals surface area contributed by atoms with Gasteiger partial charge in [-0.25, -0.2) is 8.42 Å². The number of aryl methyl sites for hydroxylation is 1. The maximum Gasteiger partial charge on any atom is 0.257 e. The summed E-state index contributed by atoms with van der Waals surface area (Å²) in [5, 5.41) is 2.79. The van der Waals surface area contributed by atoms with E-state index >= 15 is 0 Å². The summed E-state index contributed by atoms with van der Waals surface area (Å²) in [6.45, 7) is 2.03. The summed E-state index contributed by atoms with van der Waals surface area (Å²) in [7, 11) is -3.45. The number of hydrogen-bond acceptors (Lipinski definition) is 3. The molecule has 0 unspecified atom stereocenters. The molecule has 0 heterocycles. The average Bonchev–Trinajstić information content (AvgIpc) is 2.46. The van der Waals surface area contributed by atoms with Crippen LogP contribution in [-0.2, 0) is 16.4 Å². The van der Waals surface area contributed by atoms with Crippen molar-refractivity contribution in [3.63, 3.8) is 0 Å². The molecule has 22 heavy (non-hydrogen) atoms. The molecule has 6 heteroatoms. The molecular formula is C16H18N2O3S. The predicted molar refractivity (Wildman–Crippen MR) is 88.7 cm³/mol. The minimum absolute atomic E-state index is 0.258. The second-order valence-corrected chi connectivity index (χ2v) is 6.68. The van der Waals surface area contributed by atoms with E-state index in [0.717, 1.165) is 18.2 Å². The van der Waals surface area contributed by atoms with Crippen LogP contribution in [0, 0.1) is 0 Å². The van der Waals surface area contributed by atoms with Crippen LogP contribution in [0.4, 0.5) is 11.4 Å². The molecule has 0 spiro atoms. The molecule has 0 fully saturated rings. The van der Waals surface area contributed by atoms with Crippen LogP contribution in [0.25, 0.3) is 0 Å². The van der Waals surface area contributed by atoms with Gasteiger partial charge in [-0.15, -0.1) is 0 Å². The van der Waals surface area contributed by atoms with Crippen molar-refractivity contribution < 1.29 is 13.2 Å². The van der Waals surface area contributed by atoms with E-state index in [4.69, 9.17) is 0 Å². The number of benzene rings is 2. The molecular weight excluding hydrogens is 300 g/mol. The number of nitrogens with one attached hydrogen (secondary N) is 2. The van der Waals surface area contributed by atoms with Crippen LogP contribution < -0.4 is 10.0 Å². The molecule has 0 aliphatic heterocycles. The number of hydrogen-bond donors (Lipinski definition) is 2. The lowest BCUT2D eigenvalue weighted by molar-refractivity contribution is 0.102. The minimum atomic E-state index is -3.45. The number of amides is 1. The average molecular weight is 318 g/mol. The van der Waals surface area contributed by atoms with E-state index in [1.165, 1.54) is 0 Å². The Kier molecular flexibility index (Phi) is 4.82. The van der Waals surface area contributed by atoms with Crippen LogP contribution in [0.1, 0.15) is 22.8 Å². The first kappa shape index (κ1) is 16.0. The van der Waals surface area contributed by atoms with Crippen molar-refractivity contribution in [2.45, 2.75) is 13.3 Å². The topological polar surface area (TPSA) is 75.3 Å². The van der Waals surface area contributed by atoms with Crippen LogP contribution in [0.5, 0.6) is 0 Å². The fraction of sp³-hybridized carbons (Fsp3) is 0.188. The molecule has 2 rings (SSSR count). The Morgan fingerprint density at radius 3 is 2.50 bits per heavy atom. The SMILES string of the molecule is CCc1cccc(NC(=O)c2ccccc2NS(C)(=O)=O)c1. The molecule has 0 saturated heterocycles. The van der Waals surface area contributed by atoms with Gasteiger partial charge in [0.15, 0.2) is 0 Å². The summed E-state index contributed by atoms with van der Waals surface area (Å²) in [6, 6.07) is 14.0. The summed E-state index contributed by atoms with van der Waals surface area (Å²) in [5.41, 5.74) is 2.32. The van der Waals surface area contributed by atoms with Gasteiger partial charge in [0.05, 0.1) is 17.5 Å². The highest BCUT2D eigenvalue weighted by atomic mass is 32.2. The standard InChI is InChI=1S/C16H18N2O3S/c1-3-12-7-6-8-13(11-12)17-16(19)14-9-4-5-10-15(14)18-22(2,20)21/h4-11,18H,3H2,1-2H3,(H,17,19). The van der Waals surface area contributed by atoms with Gasteiger partial charge >= 0.3 is 0 Å². The van der Waals surface area contributed by atoms with Crippen molar-refractivity contribution in [2.75, 3.05) is 16.3 Å². The normalized spacial score (nSPS) is 11.0. The lowest BCUT2D eigenvalue weighted by atomic mass is 10.1. The minimum Gasteiger partial charge on any atom is -0.322 e. The molecule has 5 nitrogen and oxygen atoms in total. The lowest BCUT2D eigenvalue weighted by Gasteiger charge is -2.11. The maximum absolute atomic E-state index is 12.4. The Morgan fingerprint density at radius 1 is 1.09 bits per heavy atom. The lowest BCUT2D eigenvalue weighted by Crippen LogP contribution is -2.17. The van der Waals surface area contributed by atoms with Crippen LogP contribution >= 0.6 is 0 Å². The molecule has 0 saturated carbocycles. The Balaban J connectivity index is 2.26. The van der Waals surface area contributed by atoms with Gasteiger partial charge in [-0.1, -0.05) is 31.2 Å². The van der Waals surface area contributed by atoms with Gasteiger partial charge < -0.3 is 5.32 Å². The van der Waals surface area contributed by atoms with Crippen LogP contribution in [-0.4, -0.2) is 20.6 Å². The summed E-state index contributed by atoms with van der Waals surface area (Å²) in [4.78, 5) is 12.4. The van der Waals surface area contributed by atoms with Crippen molar-refractivity contribution in [2.24, 2.45) is 0 Å². The molecule has 0 bridgehead atoms. The van der Waals surface area contributed by atoms with Gasteiger partial charge in [0.2, 0.25) is 10.0 Å². The van der Waals surface area contributed by atoms with E-state index in [1.807, 2.05) is 25.1 Å². The van der Waals surface area contributed by atoms with Gasteiger partial charge in [0, 0.05) is 5.69 Å². The molecule has 0 radical (unpaired) electrons. The number of anilines is 2. The molecule has 0 aliphatic rings. The number of para-hydroxylation sites is 1. The third-order valence-corrected chi connectivity index (χ3v) is 3.65. The van der Waals surface area contributed by atoms with Crippen molar-refractivity contribution in [1.82, 2.24) is 0 Å². The van der Waals surface area contributed by atoms with Gasteiger partial charge in [-0.3, -0.25) is 9.52 Å². The Labute approximate surface area is 130 Å². The first-order valence-corrected chi connectivity index (χ1v) is 8.75. The van der Waals surface area contributed by atoms with Crippen molar-refractivity contribution >= 4 is 27.3 Å². The van der Waals surface area contributed by atoms with E-state index in [2.05, 4.69) is 10.0 Å². The fourth-order valence-electron chi connectivity index (χ4n) is 2.04. The third kappa shape index (κ3) is 4.33. The highest BCUT2D eigenvalue weighted by Crippen LogP contribution is 2.19. The number of rotatable bonds is 5. The molecule has 0 aliphatic carbocycles. The van der Waals surface area contributed by atoms with E-state index in [0.29, 0.717) is 5.69 Å². The summed E-state index contributed by atoms with van der Waals surface area (Å²) >= 11 is 0. The Bertz CT molecular complexity index is 785. The van der Waals surface area contributed by atoms with Crippen LogP contribution in [0.2, 0.25) is 0 Å². The smallest absolute Gasteiger partial charge is 0.257 e. The second kappa shape index (κ2) is 6.62. The molecule has 116 valence electrons. The second-order valence-electron chi connectivity index (χ2n) is 4.93. The predicted octanol–water partition coefficient (Wildman–Crippen LogP) is 2.87. The summed E-state index contributed by atoms with van der Waals surface area (Å²) in [6.07, 6.45) is 1.92. The molecule has 2 aromatic carbocycles. The van der Waals surface area contributed by atoms with E-state index in [1.54, 1.807) is 30.3 Å². The number of carbonyl (C=O) groups is 1. The van der Waals surface area contributed by atoms with E-state index < -0.39 is 10.0 Å². The molecule has 2 aromatic rings. The van der Waals surface area contributed by atoms with Crippen LogP contribution in [0.3, 0.4) is 0 Å². The Morgan fingerprint density at radius 2 is 1.82 bits per heavy atom. The molecule has 0 aromatic heterocycles. The van der Waals surface area contributed by atoms with Crippen molar-refractivity contribution in [1.29, 1.82) is 0 Å². The first-order valence-electron chi connectivity index (χ1n) is 6.86. The summed E-state index contributed by atoms with van der Waals surface area (Å²) in [5.74, 6) is -0.361. The third-order valence-electron chi connectivity index (χ3n) is 3.06. The number of sulfonamides is 1. The monoisotopic (exact) mass is 318 g/mol. The molecule has 2 N–H and O–H groups in total. The Hall–Kier alpha value is -2.34. The van der Waals surface area contributed by atoms with Gasteiger partial charge in [0.25, 0.3) is 5.91 Å². The first-order chi connectivity index (χ1) is 10.4. The zero-order chi connectivity index (χ0) is 16.2. The zero-order valence-electron chi connectivity index (χ0n) is 12.5. The fourth-order valence-corrected chi connectivity index (χ4v) is 2.61. The maximum atomic E-state index is 12.4. The van der Waals surface area contributed by atoms with Crippen molar-refractivity contribution in [3.05, 3.63) is 59.7 Å². The highest BCUT2D eigenvalue weighted by molar-refractivity contribution is 7.92.